The first-order chi connectivity index (χ1) is 15.5. The number of carbonyl (C=O) groups excluding carboxylic acids is 1. The monoisotopic (exact) mass is 465 g/mol. The zero-order valence-corrected chi connectivity index (χ0v) is 18.3. The smallest absolute Gasteiger partial charge is 0.346 e. The van der Waals surface area contributed by atoms with Gasteiger partial charge < -0.3 is 4.74 Å². The largest absolute Gasteiger partial charge is 0.402 e. The van der Waals surface area contributed by atoms with Crippen LogP contribution in [0.5, 0.6) is 5.88 Å². The van der Waals surface area contributed by atoms with Crippen LogP contribution in [0, 0.1) is 17.0 Å². The van der Waals surface area contributed by atoms with Gasteiger partial charge in [-0.2, -0.15) is 9.78 Å². The summed E-state index contributed by atoms with van der Waals surface area (Å²) in [5, 5.41) is 16.3. The summed E-state index contributed by atoms with van der Waals surface area (Å²) in [5.74, 6) is -0.501. The Morgan fingerprint density at radius 1 is 1.03 bits per heavy atom. The number of carbonyl (C=O) groups is 1. The summed E-state index contributed by atoms with van der Waals surface area (Å²) in [5.41, 5.74) is 1.38. The Kier molecular flexibility index (Phi) is 6.25. The van der Waals surface area contributed by atoms with Gasteiger partial charge in [0, 0.05) is 6.07 Å². The highest BCUT2D eigenvalue weighted by atomic mass is 35.5. The topological polar surface area (TPSA) is 87.3 Å². The Balaban J connectivity index is 1.82. The third kappa shape index (κ3) is 4.37. The molecule has 9 heteroatoms. The van der Waals surface area contributed by atoms with Gasteiger partial charge in [0.05, 0.1) is 36.7 Å². The summed E-state index contributed by atoms with van der Waals surface area (Å²) in [7, 11) is 0. The van der Waals surface area contributed by atoms with Gasteiger partial charge in [0.15, 0.2) is 0 Å². The molecule has 0 aliphatic heterocycles. The Morgan fingerprint density at radius 3 is 2.41 bits per heavy atom. The second-order valence-electron chi connectivity index (χ2n) is 6.66. The van der Waals surface area contributed by atoms with Crippen molar-refractivity contribution < 1.29 is 14.5 Å². The number of benzene rings is 3. The maximum atomic E-state index is 12.9. The predicted molar refractivity (Wildman–Crippen MR) is 122 cm³/mol. The molecule has 0 bridgehead atoms. The molecule has 32 heavy (non-hydrogen) atoms. The van der Waals surface area contributed by atoms with E-state index in [-0.39, 0.29) is 22.2 Å². The normalized spacial score (nSPS) is 10.7. The molecule has 0 atom stereocenters. The van der Waals surface area contributed by atoms with Crippen molar-refractivity contribution in [2.45, 2.75) is 16.7 Å². The number of ether oxygens (including phenoxy) is 1. The fraction of sp³-hybridized carbons (Fsp3) is 0.0435. The number of nitrogens with zero attached hydrogens (tertiary/aromatic N) is 3. The second kappa shape index (κ2) is 9.25. The van der Waals surface area contributed by atoms with E-state index in [0.717, 1.165) is 11.8 Å². The molecular weight excluding hydrogens is 450 g/mol. The molecule has 1 aromatic heterocycles. The first-order valence-electron chi connectivity index (χ1n) is 9.48. The van der Waals surface area contributed by atoms with Crippen molar-refractivity contribution in [1.29, 1.82) is 0 Å². The zero-order chi connectivity index (χ0) is 22.7. The van der Waals surface area contributed by atoms with Crippen LogP contribution in [-0.2, 0) is 0 Å². The van der Waals surface area contributed by atoms with Crippen LogP contribution in [0.4, 0.5) is 5.69 Å². The predicted octanol–water partition coefficient (Wildman–Crippen LogP) is 6.11. The number of nitro benzene ring substituents is 1. The van der Waals surface area contributed by atoms with E-state index in [1.54, 1.807) is 49.4 Å². The van der Waals surface area contributed by atoms with E-state index >= 15 is 0 Å². The van der Waals surface area contributed by atoms with E-state index in [9.17, 15) is 14.9 Å². The lowest BCUT2D eigenvalue weighted by Gasteiger charge is -2.11. The molecule has 0 unspecified atom stereocenters. The van der Waals surface area contributed by atoms with E-state index in [2.05, 4.69) is 5.10 Å². The minimum Gasteiger partial charge on any atom is -0.402 e. The van der Waals surface area contributed by atoms with Gasteiger partial charge in [-0.1, -0.05) is 65.8 Å². The minimum atomic E-state index is -0.655. The molecule has 0 saturated heterocycles. The van der Waals surface area contributed by atoms with E-state index in [4.69, 9.17) is 16.3 Å². The summed E-state index contributed by atoms with van der Waals surface area (Å²) in [6.07, 6.45) is 0. The standard InChI is InChI=1S/C23H16ClN3O4S/c1-15-21(32-20-14-8-7-13-19(20)27(29)30)22(26(25-15)16-9-3-2-4-10-16)31-23(28)17-11-5-6-12-18(17)24/h2-14H,1H3. The number of aryl methyl sites for hydroxylation is 1. The average molecular weight is 466 g/mol. The molecular formula is C23H16ClN3O4S. The van der Waals surface area contributed by atoms with Gasteiger partial charge >= 0.3 is 5.97 Å². The number of aromatic nitrogens is 2. The van der Waals surface area contributed by atoms with Gasteiger partial charge in [0.2, 0.25) is 5.88 Å². The molecule has 0 amide bonds. The number of halogens is 1. The van der Waals surface area contributed by atoms with Crippen molar-refractivity contribution in [3.8, 4) is 11.6 Å². The van der Waals surface area contributed by atoms with E-state index in [1.807, 2.05) is 30.3 Å². The Hall–Kier alpha value is -3.62. The second-order valence-corrected chi connectivity index (χ2v) is 8.12. The van der Waals surface area contributed by atoms with Crippen molar-refractivity contribution in [2.75, 3.05) is 0 Å². The summed E-state index contributed by atoms with van der Waals surface area (Å²) >= 11 is 7.29. The molecule has 0 aliphatic rings. The van der Waals surface area contributed by atoms with Crippen molar-refractivity contribution in [2.24, 2.45) is 0 Å². The molecule has 4 rings (SSSR count). The molecule has 4 aromatic rings. The molecule has 0 fully saturated rings. The van der Waals surface area contributed by atoms with Gasteiger partial charge in [0.25, 0.3) is 5.69 Å². The fourth-order valence-electron chi connectivity index (χ4n) is 3.02. The quantitative estimate of drug-likeness (QED) is 0.194. The van der Waals surface area contributed by atoms with E-state index in [1.165, 1.54) is 10.7 Å². The first kappa shape index (κ1) is 21.6. The molecule has 160 valence electrons. The molecule has 0 aliphatic carbocycles. The van der Waals surface area contributed by atoms with Crippen LogP contribution in [0.3, 0.4) is 0 Å². The molecule has 0 N–H and O–H groups in total. The summed E-state index contributed by atoms with van der Waals surface area (Å²) in [6.45, 7) is 1.75. The molecule has 0 saturated carbocycles. The third-order valence-electron chi connectivity index (χ3n) is 4.52. The number of nitro groups is 1. The maximum Gasteiger partial charge on any atom is 0.346 e. The van der Waals surface area contributed by atoms with Gasteiger partial charge in [-0.25, -0.2) is 4.79 Å². The van der Waals surface area contributed by atoms with Crippen molar-refractivity contribution in [3.63, 3.8) is 0 Å². The highest BCUT2D eigenvalue weighted by molar-refractivity contribution is 7.99. The van der Waals surface area contributed by atoms with E-state index < -0.39 is 10.9 Å². The number of hydrogen-bond acceptors (Lipinski definition) is 6. The Morgan fingerprint density at radius 2 is 1.69 bits per heavy atom. The SMILES string of the molecule is Cc1nn(-c2ccccc2)c(OC(=O)c2ccccc2Cl)c1Sc1ccccc1[N+](=O)[O-]. The maximum absolute atomic E-state index is 12.9. The zero-order valence-electron chi connectivity index (χ0n) is 16.8. The number of rotatable bonds is 6. The van der Waals surface area contributed by atoms with Crippen LogP contribution in [0.25, 0.3) is 5.69 Å². The van der Waals surface area contributed by atoms with E-state index in [0.29, 0.717) is 21.2 Å². The number of hydrogen-bond donors (Lipinski definition) is 0. The summed E-state index contributed by atoms with van der Waals surface area (Å²) in [4.78, 5) is 24.9. The molecule has 3 aromatic carbocycles. The first-order valence-corrected chi connectivity index (χ1v) is 10.7. The molecule has 7 nitrogen and oxygen atoms in total. The van der Waals surface area contributed by atoms with Gasteiger partial charge in [-0.05, 0) is 37.3 Å². The number of para-hydroxylation sites is 2. The van der Waals surface area contributed by atoms with Crippen LogP contribution in [0.15, 0.2) is 88.7 Å². The number of esters is 1. The van der Waals surface area contributed by atoms with Crippen LogP contribution >= 0.6 is 23.4 Å². The molecule has 0 spiro atoms. The lowest BCUT2D eigenvalue weighted by Crippen LogP contribution is -2.12. The van der Waals surface area contributed by atoms with Gasteiger partial charge in [0.1, 0.15) is 0 Å². The van der Waals surface area contributed by atoms with Crippen LogP contribution in [0.1, 0.15) is 16.1 Å². The van der Waals surface area contributed by atoms with Crippen molar-refractivity contribution in [3.05, 3.63) is 105 Å². The van der Waals surface area contributed by atoms with Crippen LogP contribution < -0.4 is 4.74 Å². The summed E-state index contributed by atoms with van der Waals surface area (Å²) in [6, 6.07) is 22.1. The Bertz CT molecular complexity index is 1310. The lowest BCUT2D eigenvalue weighted by atomic mass is 10.2. The fourth-order valence-corrected chi connectivity index (χ4v) is 4.25. The van der Waals surface area contributed by atoms with Crippen LogP contribution in [-0.4, -0.2) is 20.7 Å². The lowest BCUT2D eigenvalue weighted by molar-refractivity contribution is -0.387. The highest BCUT2D eigenvalue weighted by Crippen LogP contribution is 2.42. The molecule has 1 heterocycles. The van der Waals surface area contributed by atoms with Gasteiger partial charge in [-0.15, -0.1) is 0 Å². The average Bonchev–Trinajstić information content (AvgIpc) is 3.10. The molecule has 0 radical (unpaired) electrons. The third-order valence-corrected chi connectivity index (χ3v) is 6.09. The van der Waals surface area contributed by atoms with Crippen LogP contribution in [0.2, 0.25) is 5.02 Å². The van der Waals surface area contributed by atoms with Crippen molar-refractivity contribution in [1.82, 2.24) is 9.78 Å². The van der Waals surface area contributed by atoms with Crippen molar-refractivity contribution >= 4 is 35.0 Å². The minimum absolute atomic E-state index is 0.0484. The van der Waals surface area contributed by atoms with Gasteiger partial charge in [-0.3, -0.25) is 10.1 Å². The Labute approximate surface area is 192 Å². The summed E-state index contributed by atoms with van der Waals surface area (Å²) < 4.78 is 7.28. The highest BCUT2D eigenvalue weighted by Gasteiger charge is 2.25.